The average molecular weight is 739 g/mol. The third-order valence-electron chi connectivity index (χ3n) is 11.2. The van der Waals surface area contributed by atoms with Crippen LogP contribution in [0.25, 0.3) is 99.5 Å². The molecule has 0 aliphatic heterocycles. The molecule has 0 unspecified atom stereocenters. The number of rotatable bonds is 5. The highest BCUT2D eigenvalue weighted by atomic mass is 15.1. The van der Waals surface area contributed by atoms with Crippen LogP contribution in [0.4, 0.5) is 0 Å². The Morgan fingerprint density at radius 3 is 1.47 bits per heavy atom. The lowest BCUT2D eigenvalue weighted by Gasteiger charge is -2.13. The lowest BCUT2D eigenvalue weighted by Crippen LogP contribution is -2.00. The molecule has 0 aliphatic carbocycles. The van der Waals surface area contributed by atoms with Gasteiger partial charge in [-0.2, -0.15) is 10.5 Å². The van der Waals surface area contributed by atoms with E-state index in [1.807, 2.05) is 85.1 Å². The number of hydrogen-bond acceptors (Lipinski definition) is 4. The Morgan fingerprint density at radius 2 is 0.914 bits per heavy atom. The molecule has 4 aromatic heterocycles. The minimum absolute atomic E-state index is 0.585. The molecule has 0 spiro atoms. The van der Waals surface area contributed by atoms with Gasteiger partial charge in [-0.25, -0.2) is 4.98 Å². The molecule has 0 radical (unpaired) electrons. The van der Waals surface area contributed by atoms with E-state index in [0.29, 0.717) is 11.1 Å². The summed E-state index contributed by atoms with van der Waals surface area (Å²) in [6, 6.07) is 64.6. The van der Waals surface area contributed by atoms with Crippen LogP contribution in [0, 0.1) is 22.7 Å². The van der Waals surface area contributed by atoms with Gasteiger partial charge in [0.25, 0.3) is 0 Å². The lowest BCUT2D eigenvalue weighted by atomic mass is 9.98. The summed E-state index contributed by atoms with van der Waals surface area (Å²) < 4.78 is 4.46. The fraction of sp³-hybridized carbons (Fsp3) is 0. The van der Waals surface area contributed by atoms with Crippen molar-refractivity contribution in [3.63, 3.8) is 0 Å². The van der Waals surface area contributed by atoms with E-state index in [-0.39, 0.29) is 0 Å². The maximum Gasteiger partial charge on any atom is 0.138 e. The summed E-state index contributed by atoms with van der Waals surface area (Å²) in [5, 5.41) is 26.3. The fourth-order valence-electron chi connectivity index (χ4n) is 8.59. The van der Waals surface area contributed by atoms with Gasteiger partial charge in [0.05, 0.1) is 68.6 Å². The number of nitrogens with zero attached hydrogens (tertiary/aromatic N) is 6. The Labute approximate surface area is 333 Å². The van der Waals surface area contributed by atoms with Gasteiger partial charge in [0.15, 0.2) is 0 Å². The van der Waals surface area contributed by atoms with E-state index < -0.39 is 0 Å². The minimum Gasteiger partial charge on any atom is -0.308 e. The van der Waals surface area contributed by atoms with Crippen LogP contribution >= 0.6 is 0 Å². The molecule has 58 heavy (non-hydrogen) atoms. The molecule has 0 bridgehead atoms. The van der Waals surface area contributed by atoms with Gasteiger partial charge in [-0.3, -0.25) is 9.55 Å². The first kappa shape index (κ1) is 33.1. The van der Waals surface area contributed by atoms with Gasteiger partial charge in [0.1, 0.15) is 5.82 Å². The fourth-order valence-corrected chi connectivity index (χ4v) is 8.59. The number of aromatic nitrogens is 4. The van der Waals surface area contributed by atoms with Gasteiger partial charge in [0.2, 0.25) is 0 Å². The standard InChI is InChI=1S/C52H30N6/c53-30-33-16-22-46-42(26-33)51-40-20-25-49-52(41(40)19-24-48(51)57(46)39-18-21-44(55-32-39)36-12-6-2-7-13-36)43-27-34(31-54)17-23-47(43)58(49)50-29-38(35-10-4-1-5-11-35)28-45(56-50)37-14-8-3-9-15-37/h1-29,32H. The molecule has 0 amide bonds. The molecular formula is C52H30N6. The summed E-state index contributed by atoms with van der Waals surface area (Å²) in [6.07, 6.45) is 1.92. The van der Waals surface area contributed by atoms with E-state index in [9.17, 15) is 10.5 Å². The second-order valence-corrected chi connectivity index (χ2v) is 14.5. The maximum absolute atomic E-state index is 10.1. The van der Waals surface area contributed by atoms with Gasteiger partial charge in [-0.1, -0.05) is 103 Å². The number of nitriles is 2. The molecule has 11 rings (SSSR count). The second kappa shape index (κ2) is 13.2. The average Bonchev–Trinajstić information content (AvgIpc) is 3.82. The van der Waals surface area contributed by atoms with Crippen molar-refractivity contribution in [3.8, 4) is 57.3 Å². The van der Waals surface area contributed by atoms with Crippen LogP contribution in [0.3, 0.4) is 0 Å². The van der Waals surface area contributed by atoms with Crippen molar-refractivity contribution in [2.75, 3.05) is 0 Å². The Kier molecular flexibility index (Phi) is 7.50. The van der Waals surface area contributed by atoms with Gasteiger partial charge in [-0.05, 0) is 94.7 Å². The van der Waals surface area contributed by atoms with Crippen LogP contribution in [0.2, 0.25) is 0 Å². The third-order valence-corrected chi connectivity index (χ3v) is 11.2. The van der Waals surface area contributed by atoms with Crippen molar-refractivity contribution in [1.82, 2.24) is 19.1 Å². The van der Waals surface area contributed by atoms with Crippen molar-refractivity contribution >= 4 is 54.4 Å². The first-order chi connectivity index (χ1) is 28.7. The third kappa shape index (κ3) is 5.18. The topological polar surface area (TPSA) is 83.2 Å². The van der Waals surface area contributed by atoms with Crippen LogP contribution in [-0.4, -0.2) is 19.1 Å². The largest absolute Gasteiger partial charge is 0.308 e. The van der Waals surface area contributed by atoms with Crippen molar-refractivity contribution in [2.24, 2.45) is 0 Å². The Hall–Kier alpha value is -8.32. The number of pyridine rings is 2. The molecule has 0 fully saturated rings. The van der Waals surface area contributed by atoms with Crippen LogP contribution in [0.5, 0.6) is 0 Å². The van der Waals surface area contributed by atoms with E-state index in [2.05, 4.69) is 118 Å². The summed E-state index contributed by atoms with van der Waals surface area (Å²) in [6.45, 7) is 0. The zero-order valence-electron chi connectivity index (χ0n) is 31.0. The zero-order chi connectivity index (χ0) is 38.7. The highest BCUT2D eigenvalue weighted by Gasteiger charge is 2.22. The van der Waals surface area contributed by atoms with E-state index in [4.69, 9.17) is 9.97 Å². The van der Waals surface area contributed by atoms with Crippen LogP contribution in [0.15, 0.2) is 182 Å². The van der Waals surface area contributed by atoms with Crippen molar-refractivity contribution in [3.05, 3.63) is 193 Å². The van der Waals surface area contributed by atoms with Gasteiger partial charge >= 0.3 is 0 Å². The second-order valence-electron chi connectivity index (χ2n) is 14.5. The van der Waals surface area contributed by atoms with Crippen LogP contribution in [-0.2, 0) is 0 Å². The Morgan fingerprint density at radius 1 is 0.397 bits per heavy atom. The molecule has 268 valence electrons. The minimum atomic E-state index is 0.585. The van der Waals surface area contributed by atoms with Gasteiger partial charge < -0.3 is 4.57 Å². The van der Waals surface area contributed by atoms with Crippen LogP contribution in [0.1, 0.15) is 11.1 Å². The normalized spacial score (nSPS) is 11.4. The predicted molar refractivity (Wildman–Crippen MR) is 234 cm³/mol. The van der Waals surface area contributed by atoms with Crippen LogP contribution < -0.4 is 0 Å². The van der Waals surface area contributed by atoms with Crippen molar-refractivity contribution in [1.29, 1.82) is 10.5 Å². The van der Waals surface area contributed by atoms with E-state index in [1.54, 1.807) is 0 Å². The number of benzene rings is 7. The Balaban J connectivity index is 1.20. The molecule has 0 aliphatic rings. The van der Waals surface area contributed by atoms with Gasteiger partial charge in [0, 0.05) is 32.7 Å². The van der Waals surface area contributed by atoms with Crippen molar-refractivity contribution in [2.45, 2.75) is 0 Å². The maximum atomic E-state index is 10.1. The molecular weight excluding hydrogens is 709 g/mol. The van der Waals surface area contributed by atoms with Crippen molar-refractivity contribution < 1.29 is 0 Å². The molecule has 0 saturated carbocycles. The van der Waals surface area contributed by atoms with E-state index in [0.717, 1.165) is 99.5 Å². The lowest BCUT2D eigenvalue weighted by molar-refractivity contribution is 1.08. The number of fused-ring (bicyclic) bond motifs is 9. The molecule has 7 aromatic carbocycles. The monoisotopic (exact) mass is 738 g/mol. The first-order valence-corrected chi connectivity index (χ1v) is 19.1. The summed E-state index contributed by atoms with van der Waals surface area (Å²) in [7, 11) is 0. The molecule has 0 N–H and O–H groups in total. The molecule has 0 saturated heterocycles. The SMILES string of the molecule is N#Cc1ccc2c(c1)c1c3ccc4c(c3ccc1n2-c1ccc(-c2ccccc2)nc1)c1cc(C#N)ccc1n4-c1cc(-c2ccccc2)cc(-c2ccccc2)n1. The highest BCUT2D eigenvalue weighted by Crippen LogP contribution is 2.43. The highest BCUT2D eigenvalue weighted by molar-refractivity contribution is 6.29. The molecule has 6 nitrogen and oxygen atoms in total. The van der Waals surface area contributed by atoms with Gasteiger partial charge in [-0.15, -0.1) is 0 Å². The summed E-state index contributed by atoms with van der Waals surface area (Å²) >= 11 is 0. The first-order valence-electron chi connectivity index (χ1n) is 19.1. The predicted octanol–water partition coefficient (Wildman–Crippen LogP) is 12.6. The summed E-state index contributed by atoms with van der Waals surface area (Å²) in [4.78, 5) is 10.2. The number of hydrogen-bond donors (Lipinski definition) is 0. The molecule has 0 atom stereocenters. The summed E-state index contributed by atoms with van der Waals surface area (Å²) in [5.41, 5.74) is 12.1. The molecule has 11 aromatic rings. The smallest absolute Gasteiger partial charge is 0.138 e. The molecule has 6 heteroatoms. The van der Waals surface area contributed by atoms with E-state index in [1.165, 1.54) is 0 Å². The zero-order valence-corrected chi connectivity index (χ0v) is 31.0. The quantitative estimate of drug-likeness (QED) is 0.176. The van der Waals surface area contributed by atoms with E-state index >= 15 is 0 Å². The summed E-state index contributed by atoms with van der Waals surface area (Å²) in [5.74, 6) is 0.784. The molecule has 4 heterocycles. The Bertz CT molecular complexity index is 3440.